The molecule has 6 heteroatoms. The highest BCUT2D eigenvalue weighted by Crippen LogP contribution is 2.31. The second-order valence-corrected chi connectivity index (χ2v) is 7.22. The minimum absolute atomic E-state index is 0.0996. The fourth-order valence-electron chi connectivity index (χ4n) is 3.45. The van der Waals surface area contributed by atoms with E-state index in [-0.39, 0.29) is 6.03 Å². The number of anilines is 2. The van der Waals surface area contributed by atoms with Crippen LogP contribution >= 0.6 is 0 Å². The molecule has 2 amide bonds. The molecule has 0 unspecified atom stereocenters. The van der Waals surface area contributed by atoms with Gasteiger partial charge in [-0.25, -0.2) is 4.79 Å². The summed E-state index contributed by atoms with van der Waals surface area (Å²) < 4.78 is 10.9. The van der Waals surface area contributed by atoms with Gasteiger partial charge < -0.3 is 24.6 Å². The molecule has 28 heavy (non-hydrogen) atoms. The Morgan fingerprint density at radius 2 is 1.54 bits per heavy atom. The lowest BCUT2D eigenvalue weighted by atomic mass is 10.1. The fraction of sp³-hybridized carbons (Fsp3) is 0.409. The highest BCUT2D eigenvalue weighted by atomic mass is 16.5. The van der Waals surface area contributed by atoms with E-state index in [1.54, 1.807) is 14.2 Å². The SMILES string of the molecule is COc1cc(C)c(C)cc1NC(=O)N1CCN(c2cc(C)ccc2OC)CC1. The molecule has 2 aromatic carbocycles. The van der Waals surface area contributed by atoms with Crippen molar-refractivity contribution in [2.45, 2.75) is 20.8 Å². The monoisotopic (exact) mass is 383 g/mol. The third-order valence-electron chi connectivity index (χ3n) is 5.30. The molecule has 0 aliphatic carbocycles. The van der Waals surface area contributed by atoms with E-state index in [1.807, 2.05) is 43.0 Å². The number of aryl methyl sites for hydroxylation is 3. The van der Waals surface area contributed by atoms with Gasteiger partial charge in [0.1, 0.15) is 11.5 Å². The number of amides is 2. The highest BCUT2D eigenvalue weighted by molar-refractivity contribution is 5.91. The van der Waals surface area contributed by atoms with Crippen LogP contribution in [0.2, 0.25) is 0 Å². The Morgan fingerprint density at radius 1 is 0.893 bits per heavy atom. The van der Waals surface area contributed by atoms with Gasteiger partial charge in [-0.05, 0) is 61.7 Å². The summed E-state index contributed by atoms with van der Waals surface area (Å²) in [6.45, 7) is 8.95. The van der Waals surface area contributed by atoms with Crippen LogP contribution in [-0.2, 0) is 0 Å². The first-order valence-corrected chi connectivity index (χ1v) is 9.53. The van der Waals surface area contributed by atoms with Gasteiger partial charge in [-0.2, -0.15) is 0 Å². The molecule has 0 radical (unpaired) electrons. The summed E-state index contributed by atoms with van der Waals surface area (Å²) in [6.07, 6.45) is 0. The number of urea groups is 1. The molecule has 1 N–H and O–H groups in total. The molecule has 6 nitrogen and oxygen atoms in total. The Hall–Kier alpha value is -2.89. The standard InChI is InChI=1S/C22H29N3O3/c1-15-6-7-20(27-4)19(12-15)24-8-10-25(11-9-24)22(26)23-18-13-16(2)17(3)14-21(18)28-5/h6-7,12-14H,8-11H2,1-5H3,(H,23,26). The summed E-state index contributed by atoms with van der Waals surface area (Å²) in [5.41, 5.74) is 5.23. The van der Waals surface area contributed by atoms with Crippen LogP contribution in [0.25, 0.3) is 0 Å². The van der Waals surface area contributed by atoms with Crippen LogP contribution in [0, 0.1) is 20.8 Å². The van der Waals surface area contributed by atoms with E-state index in [0.717, 1.165) is 35.7 Å². The maximum atomic E-state index is 12.8. The van der Waals surface area contributed by atoms with E-state index in [2.05, 4.69) is 23.2 Å². The second kappa shape index (κ2) is 8.42. The predicted octanol–water partition coefficient (Wildman–Crippen LogP) is 3.98. The molecule has 1 fully saturated rings. The molecule has 1 aliphatic rings. The fourth-order valence-corrected chi connectivity index (χ4v) is 3.45. The third kappa shape index (κ3) is 4.16. The molecule has 0 saturated carbocycles. The molecular formula is C22H29N3O3. The largest absolute Gasteiger partial charge is 0.495 e. The van der Waals surface area contributed by atoms with Crippen molar-refractivity contribution in [3.63, 3.8) is 0 Å². The molecule has 3 rings (SSSR count). The van der Waals surface area contributed by atoms with Crippen molar-refractivity contribution in [3.05, 3.63) is 47.0 Å². The van der Waals surface area contributed by atoms with Crippen LogP contribution in [0.1, 0.15) is 16.7 Å². The number of methoxy groups -OCH3 is 2. The molecule has 2 aromatic rings. The number of nitrogens with one attached hydrogen (secondary N) is 1. The summed E-state index contributed by atoms with van der Waals surface area (Å²) in [5.74, 6) is 1.54. The predicted molar refractivity (Wildman–Crippen MR) is 113 cm³/mol. The van der Waals surface area contributed by atoms with Gasteiger partial charge in [0.05, 0.1) is 25.6 Å². The van der Waals surface area contributed by atoms with Crippen LogP contribution in [0.4, 0.5) is 16.2 Å². The molecule has 150 valence electrons. The molecule has 1 heterocycles. The zero-order valence-electron chi connectivity index (χ0n) is 17.3. The van der Waals surface area contributed by atoms with Crippen molar-refractivity contribution in [3.8, 4) is 11.5 Å². The quantitative estimate of drug-likeness (QED) is 0.868. The van der Waals surface area contributed by atoms with Crippen LogP contribution in [0.3, 0.4) is 0 Å². The molecule has 1 aliphatic heterocycles. The van der Waals surface area contributed by atoms with E-state index in [1.165, 1.54) is 5.56 Å². The maximum absolute atomic E-state index is 12.8. The van der Waals surface area contributed by atoms with Gasteiger partial charge in [0.25, 0.3) is 0 Å². The average Bonchev–Trinajstić information content (AvgIpc) is 2.70. The lowest BCUT2D eigenvalue weighted by molar-refractivity contribution is 0.208. The molecule has 0 atom stereocenters. The van der Waals surface area contributed by atoms with Crippen molar-refractivity contribution >= 4 is 17.4 Å². The first-order chi connectivity index (χ1) is 13.4. The number of carbonyl (C=O) groups is 1. The smallest absolute Gasteiger partial charge is 0.322 e. The van der Waals surface area contributed by atoms with Gasteiger partial charge in [0.2, 0.25) is 0 Å². The maximum Gasteiger partial charge on any atom is 0.322 e. The summed E-state index contributed by atoms with van der Waals surface area (Å²) in [4.78, 5) is 16.9. The molecule has 0 bridgehead atoms. The number of benzene rings is 2. The number of rotatable bonds is 4. The van der Waals surface area contributed by atoms with Crippen molar-refractivity contribution in [2.24, 2.45) is 0 Å². The number of carbonyl (C=O) groups excluding carboxylic acids is 1. The van der Waals surface area contributed by atoms with Crippen molar-refractivity contribution in [2.75, 3.05) is 50.6 Å². The van der Waals surface area contributed by atoms with Gasteiger partial charge in [-0.15, -0.1) is 0 Å². The summed E-state index contributed by atoms with van der Waals surface area (Å²) >= 11 is 0. The zero-order chi connectivity index (χ0) is 20.3. The number of piperazine rings is 1. The molecule has 0 aromatic heterocycles. The van der Waals surface area contributed by atoms with Gasteiger partial charge in [0, 0.05) is 26.2 Å². The van der Waals surface area contributed by atoms with E-state index in [9.17, 15) is 4.79 Å². The first-order valence-electron chi connectivity index (χ1n) is 9.53. The number of ether oxygens (including phenoxy) is 2. The van der Waals surface area contributed by atoms with Gasteiger partial charge in [0.15, 0.2) is 0 Å². The Bertz CT molecular complexity index is 858. The summed E-state index contributed by atoms with van der Waals surface area (Å²) in [7, 11) is 3.31. The van der Waals surface area contributed by atoms with Gasteiger partial charge in [-0.3, -0.25) is 0 Å². The summed E-state index contributed by atoms with van der Waals surface area (Å²) in [6, 6.07) is 9.98. The zero-order valence-corrected chi connectivity index (χ0v) is 17.3. The van der Waals surface area contributed by atoms with Crippen LogP contribution in [-0.4, -0.2) is 51.3 Å². The Labute approximate surface area is 167 Å². The van der Waals surface area contributed by atoms with Crippen molar-refractivity contribution in [1.82, 2.24) is 4.90 Å². The van der Waals surface area contributed by atoms with Crippen LogP contribution < -0.4 is 19.7 Å². The minimum atomic E-state index is -0.0996. The first kappa shape index (κ1) is 19.9. The van der Waals surface area contributed by atoms with Crippen molar-refractivity contribution < 1.29 is 14.3 Å². The van der Waals surface area contributed by atoms with Crippen LogP contribution in [0.5, 0.6) is 11.5 Å². The van der Waals surface area contributed by atoms with Gasteiger partial charge in [-0.1, -0.05) is 6.07 Å². The Balaban J connectivity index is 1.66. The average molecular weight is 383 g/mol. The minimum Gasteiger partial charge on any atom is -0.495 e. The lowest BCUT2D eigenvalue weighted by Gasteiger charge is -2.36. The van der Waals surface area contributed by atoms with E-state index in [4.69, 9.17) is 9.47 Å². The van der Waals surface area contributed by atoms with E-state index < -0.39 is 0 Å². The molecule has 0 spiro atoms. The lowest BCUT2D eigenvalue weighted by Crippen LogP contribution is -2.50. The van der Waals surface area contributed by atoms with E-state index >= 15 is 0 Å². The van der Waals surface area contributed by atoms with Crippen molar-refractivity contribution in [1.29, 1.82) is 0 Å². The van der Waals surface area contributed by atoms with Crippen LogP contribution in [0.15, 0.2) is 30.3 Å². The Kier molecular flexibility index (Phi) is 5.97. The normalized spacial score (nSPS) is 14.0. The van der Waals surface area contributed by atoms with Gasteiger partial charge >= 0.3 is 6.03 Å². The Morgan fingerprint density at radius 3 is 2.18 bits per heavy atom. The summed E-state index contributed by atoms with van der Waals surface area (Å²) in [5, 5.41) is 3.00. The molecule has 1 saturated heterocycles. The topological polar surface area (TPSA) is 54.0 Å². The highest BCUT2D eigenvalue weighted by Gasteiger charge is 2.24. The third-order valence-corrected chi connectivity index (χ3v) is 5.30. The second-order valence-electron chi connectivity index (χ2n) is 7.22. The number of nitrogens with zero attached hydrogens (tertiary/aromatic N) is 2. The number of hydrogen-bond acceptors (Lipinski definition) is 4. The number of hydrogen-bond donors (Lipinski definition) is 1. The van der Waals surface area contributed by atoms with E-state index in [0.29, 0.717) is 24.5 Å². The molecular weight excluding hydrogens is 354 g/mol.